The molecule has 8 heteroatoms. The van der Waals surface area contributed by atoms with Gasteiger partial charge in [0.2, 0.25) is 15.9 Å². The Balaban J connectivity index is 1.48. The van der Waals surface area contributed by atoms with E-state index in [1.54, 1.807) is 4.90 Å². The van der Waals surface area contributed by atoms with Gasteiger partial charge in [-0.25, -0.2) is 12.8 Å². The quantitative estimate of drug-likeness (QED) is 0.808. The molecule has 1 saturated heterocycles. The first-order chi connectivity index (χ1) is 13.5. The Morgan fingerprint density at radius 2 is 1.68 bits per heavy atom. The van der Waals surface area contributed by atoms with Crippen molar-refractivity contribution < 1.29 is 17.6 Å². The lowest BCUT2D eigenvalue weighted by atomic mass is 9.97. The zero-order chi connectivity index (χ0) is 20.0. The molecule has 0 radical (unpaired) electrons. The molecule has 1 saturated carbocycles. The van der Waals surface area contributed by atoms with Crippen LogP contribution in [0.25, 0.3) is 0 Å². The van der Waals surface area contributed by atoms with Crippen molar-refractivity contribution in [3.05, 3.63) is 30.1 Å². The standard InChI is InChI=1S/C20H30FN3O3S/c21-17-7-6-10-19(15-17)28(26,27)24-13-11-23(12-14-24)20(25)16-22-18-8-4-2-1-3-5-9-18/h6-7,10,15,18,22H,1-5,8-9,11-14,16H2. The predicted octanol–water partition coefficient (Wildman–Crippen LogP) is 2.36. The lowest BCUT2D eigenvalue weighted by Crippen LogP contribution is -2.52. The predicted molar refractivity (Wildman–Crippen MR) is 106 cm³/mol. The summed E-state index contributed by atoms with van der Waals surface area (Å²) in [5.41, 5.74) is 0. The average molecular weight is 412 g/mol. The molecule has 156 valence electrons. The Bertz CT molecular complexity index is 756. The van der Waals surface area contributed by atoms with E-state index in [-0.39, 0.29) is 23.9 Å². The topological polar surface area (TPSA) is 69.7 Å². The Morgan fingerprint density at radius 1 is 1.04 bits per heavy atom. The van der Waals surface area contributed by atoms with Gasteiger partial charge >= 0.3 is 0 Å². The molecular formula is C20H30FN3O3S. The minimum Gasteiger partial charge on any atom is -0.339 e. The molecule has 6 nitrogen and oxygen atoms in total. The Kier molecular flexibility index (Phi) is 7.42. The van der Waals surface area contributed by atoms with Crippen LogP contribution in [0.2, 0.25) is 0 Å². The van der Waals surface area contributed by atoms with E-state index in [0.29, 0.717) is 25.7 Å². The number of benzene rings is 1. The number of hydrogen-bond acceptors (Lipinski definition) is 4. The molecule has 1 amide bonds. The fraction of sp³-hybridized carbons (Fsp3) is 0.650. The second-order valence-electron chi connectivity index (χ2n) is 7.67. The minimum absolute atomic E-state index is 0.0184. The van der Waals surface area contributed by atoms with Crippen molar-refractivity contribution in [1.29, 1.82) is 0 Å². The molecule has 28 heavy (non-hydrogen) atoms. The summed E-state index contributed by atoms with van der Waals surface area (Å²) < 4.78 is 40.0. The highest BCUT2D eigenvalue weighted by molar-refractivity contribution is 7.89. The second kappa shape index (κ2) is 9.80. The molecule has 1 aromatic rings. The van der Waals surface area contributed by atoms with Crippen molar-refractivity contribution in [1.82, 2.24) is 14.5 Å². The van der Waals surface area contributed by atoms with Gasteiger partial charge in [-0.1, -0.05) is 38.2 Å². The van der Waals surface area contributed by atoms with E-state index in [9.17, 15) is 17.6 Å². The third-order valence-corrected chi connectivity index (χ3v) is 7.57. The maximum absolute atomic E-state index is 13.4. The van der Waals surface area contributed by atoms with E-state index in [1.165, 1.54) is 54.6 Å². The highest BCUT2D eigenvalue weighted by Crippen LogP contribution is 2.19. The van der Waals surface area contributed by atoms with Crippen LogP contribution in [0.4, 0.5) is 4.39 Å². The van der Waals surface area contributed by atoms with E-state index < -0.39 is 15.8 Å². The van der Waals surface area contributed by atoms with Crippen molar-refractivity contribution in [2.45, 2.75) is 55.9 Å². The van der Waals surface area contributed by atoms with Crippen LogP contribution in [0.15, 0.2) is 29.2 Å². The zero-order valence-corrected chi connectivity index (χ0v) is 17.1. The summed E-state index contributed by atoms with van der Waals surface area (Å²) in [5, 5.41) is 3.40. The summed E-state index contributed by atoms with van der Waals surface area (Å²) in [5.74, 6) is -0.556. The molecule has 1 aliphatic carbocycles. The highest BCUT2D eigenvalue weighted by atomic mass is 32.2. The number of piperazine rings is 1. The molecule has 1 N–H and O–H groups in total. The van der Waals surface area contributed by atoms with Crippen LogP contribution in [0.5, 0.6) is 0 Å². The third kappa shape index (κ3) is 5.52. The summed E-state index contributed by atoms with van der Waals surface area (Å²) in [6.07, 6.45) is 8.51. The van der Waals surface area contributed by atoms with Gasteiger partial charge in [-0.3, -0.25) is 4.79 Å². The number of amides is 1. The monoisotopic (exact) mass is 411 g/mol. The average Bonchev–Trinajstić information content (AvgIpc) is 2.67. The van der Waals surface area contributed by atoms with Crippen LogP contribution in [0.3, 0.4) is 0 Å². The van der Waals surface area contributed by atoms with E-state index in [4.69, 9.17) is 0 Å². The molecule has 2 aliphatic rings. The van der Waals surface area contributed by atoms with Crippen molar-refractivity contribution in [2.24, 2.45) is 0 Å². The second-order valence-corrected chi connectivity index (χ2v) is 9.60. The maximum atomic E-state index is 13.4. The van der Waals surface area contributed by atoms with Crippen molar-refractivity contribution in [3.8, 4) is 0 Å². The normalized spacial score (nSPS) is 20.5. The van der Waals surface area contributed by atoms with Crippen LogP contribution in [0.1, 0.15) is 44.9 Å². The molecule has 1 aromatic carbocycles. The van der Waals surface area contributed by atoms with Gasteiger partial charge in [-0.2, -0.15) is 4.31 Å². The first-order valence-corrected chi connectivity index (χ1v) is 11.7. The van der Waals surface area contributed by atoms with Gasteiger partial charge in [0.15, 0.2) is 0 Å². The molecule has 1 heterocycles. The van der Waals surface area contributed by atoms with Crippen LogP contribution in [0, 0.1) is 5.82 Å². The number of rotatable bonds is 5. The van der Waals surface area contributed by atoms with E-state index in [2.05, 4.69) is 5.32 Å². The Morgan fingerprint density at radius 3 is 2.32 bits per heavy atom. The first kappa shape index (κ1) is 21.2. The zero-order valence-electron chi connectivity index (χ0n) is 16.3. The number of carbonyl (C=O) groups excluding carboxylic acids is 1. The van der Waals surface area contributed by atoms with Crippen LogP contribution >= 0.6 is 0 Å². The van der Waals surface area contributed by atoms with Gasteiger partial charge in [-0.05, 0) is 31.0 Å². The molecule has 2 fully saturated rings. The van der Waals surface area contributed by atoms with Crippen LogP contribution in [-0.2, 0) is 14.8 Å². The molecule has 0 spiro atoms. The molecule has 0 aromatic heterocycles. The number of halogens is 1. The fourth-order valence-corrected chi connectivity index (χ4v) is 5.41. The Hall–Kier alpha value is -1.51. The number of nitrogens with zero attached hydrogens (tertiary/aromatic N) is 2. The summed E-state index contributed by atoms with van der Waals surface area (Å²) in [6, 6.07) is 5.45. The number of carbonyl (C=O) groups is 1. The summed E-state index contributed by atoms with van der Waals surface area (Å²) >= 11 is 0. The van der Waals surface area contributed by atoms with Crippen LogP contribution in [-0.4, -0.2) is 62.3 Å². The lowest BCUT2D eigenvalue weighted by molar-refractivity contribution is -0.131. The van der Waals surface area contributed by atoms with E-state index in [0.717, 1.165) is 18.9 Å². The van der Waals surface area contributed by atoms with Gasteiger partial charge in [0.1, 0.15) is 5.82 Å². The van der Waals surface area contributed by atoms with Crippen LogP contribution < -0.4 is 5.32 Å². The van der Waals surface area contributed by atoms with Gasteiger partial charge in [0.05, 0.1) is 11.4 Å². The van der Waals surface area contributed by atoms with Crippen molar-refractivity contribution >= 4 is 15.9 Å². The first-order valence-electron chi connectivity index (χ1n) is 10.2. The molecule has 1 aliphatic heterocycles. The summed E-state index contributed by atoms with van der Waals surface area (Å²) in [6.45, 7) is 1.49. The maximum Gasteiger partial charge on any atom is 0.243 e. The van der Waals surface area contributed by atoms with Gasteiger partial charge in [-0.15, -0.1) is 0 Å². The molecule has 3 rings (SSSR count). The molecular weight excluding hydrogens is 381 g/mol. The van der Waals surface area contributed by atoms with Gasteiger partial charge in [0, 0.05) is 32.2 Å². The van der Waals surface area contributed by atoms with E-state index in [1.807, 2.05) is 0 Å². The molecule has 0 unspecified atom stereocenters. The van der Waals surface area contributed by atoms with E-state index >= 15 is 0 Å². The summed E-state index contributed by atoms with van der Waals surface area (Å²) in [4.78, 5) is 14.2. The SMILES string of the molecule is O=C(CNC1CCCCCCC1)N1CCN(S(=O)(=O)c2cccc(F)c2)CC1. The fourth-order valence-electron chi connectivity index (χ4n) is 3.96. The number of sulfonamides is 1. The summed E-state index contributed by atoms with van der Waals surface area (Å²) in [7, 11) is -3.73. The lowest BCUT2D eigenvalue weighted by Gasteiger charge is -2.34. The Labute approximate surface area is 167 Å². The van der Waals surface area contributed by atoms with Crippen molar-refractivity contribution in [3.63, 3.8) is 0 Å². The largest absolute Gasteiger partial charge is 0.339 e. The minimum atomic E-state index is -3.73. The molecule has 0 bridgehead atoms. The van der Waals surface area contributed by atoms with Gasteiger partial charge < -0.3 is 10.2 Å². The van der Waals surface area contributed by atoms with Gasteiger partial charge in [0.25, 0.3) is 0 Å². The molecule has 0 atom stereocenters. The van der Waals surface area contributed by atoms with Crippen molar-refractivity contribution in [2.75, 3.05) is 32.7 Å². The number of hydrogen-bond donors (Lipinski definition) is 1. The third-order valence-electron chi connectivity index (χ3n) is 5.67. The smallest absolute Gasteiger partial charge is 0.243 e. The highest BCUT2D eigenvalue weighted by Gasteiger charge is 2.30. The number of nitrogens with one attached hydrogen (secondary N) is 1.